The van der Waals surface area contributed by atoms with Crippen molar-refractivity contribution in [1.82, 2.24) is 30.2 Å². The summed E-state index contributed by atoms with van der Waals surface area (Å²) in [6.07, 6.45) is 0.942. The molecule has 4 rings (SSSR count). The summed E-state index contributed by atoms with van der Waals surface area (Å²) in [6, 6.07) is 1.99. The summed E-state index contributed by atoms with van der Waals surface area (Å²) in [5.41, 5.74) is 8.97. The number of piperazine rings is 1. The number of anilines is 2. The van der Waals surface area contributed by atoms with Crippen LogP contribution in [0.2, 0.25) is 0 Å². The van der Waals surface area contributed by atoms with E-state index < -0.39 is 0 Å². The molecule has 0 radical (unpaired) electrons. The fraction of sp³-hybridized carbons (Fsp3) is 0.533. The molecule has 2 aliphatic heterocycles. The molecule has 4 heterocycles. The van der Waals surface area contributed by atoms with Crippen LogP contribution >= 0.6 is 0 Å². The summed E-state index contributed by atoms with van der Waals surface area (Å²) >= 11 is 0. The molecule has 0 saturated carbocycles. The summed E-state index contributed by atoms with van der Waals surface area (Å²) in [5, 5.41) is 3.34. The normalized spacial score (nSPS) is 18.9. The van der Waals surface area contributed by atoms with Gasteiger partial charge in [-0.05, 0) is 7.05 Å². The first-order valence-corrected chi connectivity index (χ1v) is 8.06. The molecule has 0 unspecified atom stereocenters. The molecule has 0 spiro atoms. The number of rotatable bonds is 2. The second-order valence-corrected chi connectivity index (χ2v) is 6.20. The molecule has 2 aliphatic rings. The van der Waals surface area contributed by atoms with Crippen LogP contribution in [-0.4, -0.2) is 64.6 Å². The fourth-order valence-electron chi connectivity index (χ4n) is 3.11. The van der Waals surface area contributed by atoms with E-state index in [1.807, 2.05) is 6.07 Å². The Balaban J connectivity index is 1.65. The first-order chi connectivity index (χ1) is 11.2. The zero-order valence-corrected chi connectivity index (χ0v) is 13.3. The van der Waals surface area contributed by atoms with Gasteiger partial charge in [-0.3, -0.25) is 0 Å². The zero-order valence-electron chi connectivity index (χ0n) is 13.3. The summed E-state index contributed by atoms with van der Waals surface area (Å²) < 4.78 is 0. The van der Waals surface area contributed by atoms with Gasteiger partial charge in [0.1, 0.15) is 11.5 Å². The second kappa shape index (κ2) is 5.78. The van der Waals surface area contributed by atoms with Crippen LogP contribution in [0.25, 0.3) is 11.5 Å². The second-order valence-electron chi connectivity index (χ2n) is 6.20. The smallest absolute Gasteiger partial charge is 0.222 e. The van der Waals surface area contributed by atoms with E-state index in [4.69, 9.17) is 10.7 Å². The Morgan fingerprint density at radius 3 is 2.74 bits per heavy atom. The minimum absolute atomic E-state index is 0.295. The van der Waals surface area contributed by atoms with Gasteiger partial charge in [0.05, 0.1) is 11.4 Å². The lowest BCUT2D eigenvalue weighted by Crippen LogP contribution is -2.44. The highest BCUT2D eigenvalue weighted by Gasteiger charge is 2.19. The van der Waals surface area contributed by atoms with Crippen molar-refractivity contribution in [2.75, 3.05) is 50.4 Å². The molecule has 0 aromatic carbocycles. The van der Waals surface area contributed by atoms with Gasteiger partial charge in [-0.15, -0.1) is 0 Å². The summed E-state index contributed by atoms with van der Waals surface area (Å²) in [7, 11) is 2.14. The molecule has 0 bridgehead atoms. The van der Waals surface area contributed by atoms with Crippen molar-refractivity contribution in [2.24, 2.45) is 0 Å². The molecule has 4 N–H and O–H groups in total. The van der Waals surface area contributed by atoms with Gasteiger partial charge in [0.15, 0.2) is 5.82 Å². The van der Waals surface area contributed by atoms with Crippen molar-refractivity contribution in [3.63, 3.8) is 0 Å². The Labute approximate surface area is 135 Å². The molecule has 0 amide bonds. The monoisotopic (exact) mass is 314 g/mol. The van der Waals surface area contributed by atoms with Gasteiger partial charge in [0, 0.05) is 51.8 Å². The van der Waals surface area contributed by atoms with Gasteiger partial charge < -0.3 is 25.8 Å². The molecule has 8 nitrogen and oxygen atoms in total. The van der Waals surface area contributed by atoms with E-state index in [-0.39, 0.29) is 0 Å². The maximum absolute atomic E-state index is 5.94. The Kier molecular flexibility index (Phi) is 3.62. The number of likely N-dealkylation sites (N-methyl/N-ethyl adjacent to an activating group) is 1. The van der Waals surface area contributed by atoms with Crippen molar-refractivity contribution < 1.29 is 0 Å². The predicted molar refractivity (Wildman–Crippen MR) is 89.1 cm³/mol. The topological polar surface area (TPSA) is 99.0 Å². The lowest BCUT2D eigenvalue weighted by molar-refractivity contribution is 0.312. The Morgan fingerprint density at radius 2 is 1.96 bits per heavy atom. The minimum Gasteiger partial charge on any atom is -0.368 e. The largest absolute Gasteiger partial charge is 0.368 e. The number of hydrogen-bond donors (Lipinski definition) is 3. The molecule has 122 valence electrons. The molecule has 1 fully saturated rings. The van der Waals surface area contributed by atoms with Crippen LogP contribution in [0.15, 0.2) is 6.07 Å². The van der Waals surface area contributed by atoms with E-state index in [0.717, 1.165) is 74.4 Å². The highest BCUT2D eigenvalue weighted by Crippen LogP contribution is 2.23. The van der Waals surface area contributed by atoms with E-state index in [2.05, 4.69) is 37.1 Å². The van der Waals surface area contributed by atoms with Crippen LogP contribution in [0.5, 0.6) is 0 Å². The van der Waals surface area contributed by atoms with Crippen molar-refractivity contribution in [2.45, 2.75) is 13.0 Å². The maximum Gasteiger partial charge on any atom is 0.222 e. The molecular formula is C15H22N8. The first-order valence-electron chi connectivity index (χ1n) is 8.06. The van der Waals surface area contributed by atoms with E-state index in [1.54, 1.807) is 0 Å². The number of nitrogens with zero attached hydrogens (tertiary/aromatic N) is 5. The number of H-pyrrole nitrogens is 1. The minimum atomic E-state index is 0.295. The fourth-order valence-corrected chi connectivity index (χ4v) is 3.11. The van der Waals surface area contributed by atoms with Crippen molar-refractivity contribution in [1.29, 1.82) is 0 Å². The van der Waals surface area contributed by atoms with Gasteiger partial charge in [-0.1, -0.05) is 0 Å². The lowest BCUT2D eigenvalue weighted by Gasteiger charge is -2.33. The van der Waals surface area contributed by atoms with Crippen molar-refractivity contribution >= 4 is 11.8 Å². The molecule has 0 aliphatic carbocycles. The molecule has 2 aromatic heterocycles. The predicted octanol–water partition coefficient (Wildman–Crippen LogP) is -0.154. The highest BCUT2D eigenvalue weighted by atomic mass is 15.3. The standard InChI is InChI=1S/C15H22N8/c1-22-4-6-23(7-5-22)13-8-11(20-15(16)21-13)14-18-10-2-3-17-9-12(10)19-14/h8,17H,2-7,9H2,1H3,(H,18,19)(H2,16,20,21). The van der Waals surface area contributed by atoms with Crippen LogP contribution in [-0.2, 0) is 13.0 Å². The molecule has 1 saturated heterocycles. The Bertz CT molecular complexity index is 678. The molecule has 2 aromatic rings. The van der Waals surface area contributed by atoms with Gasteiger partial charge in [-0.25, -0.2) is 9.97 Å². The van der Waals surface area contributed by atoms with Gasteiger partial charge in [0.2, 0.25) is 5.95 Å². The third kappa shape index (κ3) is 2.87. The molecule has 0 atom stereocenters. The zero-order chi connectivity index (χ0) is 15.8. The van der Waals surface area contributed by atoms with Crippen molar-refractivity contribution in [3.05, 3.63) is 17.5 Å². The van der Waals surface area contributed by atoms with Gasteiger partial charge in [0.25, 0.3) is 0 Å². The first kappa shape index (κ1) is 14.4. The van der Waals surface area contributed by atoms with Crippen LogP contribution in [0.4, 0.5) is 11.8 Å². The van der Waals surface area contributed by atoms with Crippen molar-refractivity contribution in [3.8, 4) is 11.5 Å². The maximum atomic E-state index is 5.94. The average Bonchev–Trinajstić information content (AvgIpc) is 2.99. The number of nitrogen functional groups attached to an aromatic ring is 1. The quantitative estimate of drug-likeness (QED) is 0.709. The Morgan fingerprint density at radius 1 is 1.13 bits per heavy atom. The summed E-state index contributed by atoms with van der Waals surface area (Å²) in [4.78, 5) is 21.4. The number of hydrogen-bond acceptors (Lipinski definition) is 7. The summed E-state index contributed by atoms with van der Waals surface area (Å²) in [5.74, 6) is 1.96. The number of imidazole rings is 1. The number of aromatic nitrogens is 4. The van der Waals surface area contributed by atoms with E-state index in [1.165, 1.54) is 0 Å². The third-order valence-electron chi connectivity index (χ3n) is 4.50. The summed E-state index contributed by atoms with van der Waals surface area (Å²) in [6.45, 7) is 5.75. The van der Waals surface area contributed by atoms with E-state index in [9.17, 15) is 0 Å². The van der Waals surface area contributed by atoms with Crippen LogP contribution in [0.3, 0.4) is 0 Å². The molecule has 23 heavy (non-hydrogen) atoms. The van der Waals surface area contributed by atoms with Crippen LogP contribution in [0.1, 0.15) is 11.4 Å². The lowest BCUT2D eigenvalue weighted by atomic mass is 10.2. The number of nitrogens with one attached hydrogen (secondary N) is 2. The van der Waals surface area contributed by atoms with E-state index in [0.29, 0.717) is 5.95 Å². The highest BCUT2D eigenvalue weighted by molar-refractivity contribution is 5.59. The van der Waals surface area contributed by atoms with Gasteiger partial charge >= 0.3 is 0 Å². The molecular weight excluding hydrogens is 292 g/mol. The Hall–Kier alpha value is -2.19. The SMILES string of the molecule is CN1CCN(c2cc(-c3nc4c([nH]3)CNCC4)nc(N)n2)CC1. The number of nitrogens with two attached hydrogens (primary N) is 1. The van der Waals surface area contributed by atoms with Gasteiger partial charge in [-0.2, -0.15) is 4.98 Å². The average molecular weight is 314 g/mol. The number of fused-ring (bicyclic) bond motifs is 1. The number of aromatic amines is 1. The third-order valence-corrected chi connectivity index (χ3v) is 4.50. The van der Waals surface area contributed by atoms with Crippen LogP contribution < -0.4 is 16.0 Å². The van der Waals surface area contributed by atoms with E-state index >= 15 is 0 Å². The van der Waals surface area contributed by atoms with Crippen LogP contribution in [0, 0.1) is 0 Å². The molecule has 8 heteroatoms.